The van der Waals surface area contributed by atoms with Crippen molar-refractivity contribution in [3.63, 3.8) is 0 Å². The fourth-order valence-electron chi connectivity index (χ4n) is 1.92. The fraction of sp³-hybridized carbons (Fsp3) is 0.857. The maximum absolute atomic E-state index is 12.0. The van der Waals surface area contributed by atoms with E-state index in [1.165, 1.54) is 0 Å². The average molecular weight is 271 g/mol. The van der Waals surface area contributed by atoms with Crippen LogP contribution in [0.15, 0.2) is 0 Å². The SMILES string of the molecule is CCNC(=O)NC(=O)[C@@H](C)N(CC(C)C)CC(C)C. The van der Waals surface area contributed by atoms with Gasteiger partial charge in [0.05, 0.1) is 6.04 Å². The zero-order chi connectivity index (χ0) is 15.0. The minimum atomic E-state index is -0.423. The molecule has 0 saturated carbocycles. The molecule has 3 amide bonds. The van der Waals surface area contributed by atoms with E-state index in [1.807, 2.05) is 13.8 Å². The molecule has 0 heterocycles. The number of urea groups is 1. The van der Waals surface area contributed by atoms with E-state index in [-0.39, 0.29) is 11.9 Å². The van der Waals surface area contributed by atoms with Gasteiger partial charge in [0.25, 0.3) is 0 Å². The summed E-state index contributed by atoms with van der Waals surface area (Å²) >= 11 is 0. The molecule has 0 spiro atoms. The van der Waals surface area contributed by atoms with Gasteiger partial charge in [-0.05, 0) is 25.7 Å². The fourth-order valence-corrected chi connectivity index (χ4v) is 1.92. The van der Waals surface area contributed by atoms with Crippen molar-refractivity contribution in [2.75, 3.05) is 19.6 Å². The van der Waals surface area contributed by atoms with Crippen molar-refractivity contribution in [1.82, 2.24) is 15.5 Å². The predicted octanol–water partition coefficient (Wildman–Crippen LogP) is 1.83. The summed E-state index contributed by atoms with van der Waals surface area (Å²) in [6.07, 6.45) is 0. The average Bonchev–Trinajstić information content (AvgIpc) is 2.25. The normalized spacial score (nSPS) is 12.9. The van der Waals surface area contributed by atoms with Crippen molar-refractivity contribution in [2.45, 2.75) is 47.6 Å². The van der Waals surface area contributed by atoms with Gasteiger partial charge in [0.15, 0.2) is 0 Å². The maximum Gasteiger partial charge on any atom is 0.321 e. The molecule has 5 nitrogen and oxygen atoms in total. The largest absolute Gasteiger partial charge is 0.338 e. The summed E-state index contributed by atoms with van der Waals surface area (Å²) in [4.78, 5) is 25.5. The van der Waals surface area contributed by atoms with Crippen LogP contribution in [0, 0.1) is 11.8 Å². The first kappa shape index (κ1) is 17.9. The van der Waals surface area contributed by atoms with Crippen LogP contribution in [0.2, 0.25) is 0 Å². The third kappa shape index (κ3) is 7.82. The van der Waals surface area contributed by atoms with Crippen LogP contribution in [-0.2, 0) is 4.79 Å². The van der Waals surface area contributed by atoms with Crippen molar-refractivity contribution in [3.8, 4) is 0 Å². The number of nitrogens with zero attached hydrogens (tertiary/aromatic N) is 1. The van der Waals surface area contributed by atoms with E-state index in [9.17, 15) is 9.59 Å². The number of nitrogens with one attached hydrogen (secondary N) is 2. The molecule has 0 aromatic rings. The van der Waals surface area contributed by atoms with Crippen LogP contribution in [0.4, 0.5) is 4.79 Å². The Bertz CT molecular complexity index is 280. The highest BCUT2D eigenvalue weighted by molar-refractivity contribution is 5.96. The lowest BCUT2D eigenvalue weighted by Gasteiger charge is -2.31. The molecule has 0 unspecified atom stereocenters. The second-order valence-corrected chi connectivity index (χ2v) is 5.77. The van der Waals surface area contributed by atoms with E-state index in [4.69, 9.17) is 0 Å². The van der Waals surface area contributed by atoms with Crippen LogP contribution in [0.3, 0.4) is 0 Å². The second kappa shape index (κ2) is 8.91. The summed E-state index contributed by atoms with van der Waals surface area (Å²) in [5.41, 5.74) is 0. The first-order valence-corrected chi connectivity index (χ1v) is 7.10. The standard InChI is InChI=1S/C14H29N3O2/c1-7-15-14(19)16-13(18)12(6)17(8-10(2)3)9-11(4)5/h10-12H,7-9H2,1-6H3,(H2,15,16,18,19)/t12-/m1/s1. The van der Waals surface area contributed by atoms with Gasteiger partial charge in [0.1, 0.15) is 0 Å². The molecular formula is C14H29N3O2. The molecule has 112 valence electrons. The first-order valence-electron chi connectivity index (χ1n) is 7.10. The van der Waals surface area contributed by atoms with Gasteiger partial charge in [0.2, 0.25) is 5.91 Å². The van der Waals surface area contributed by atoms with Gasteiger partial charge in [-0.15, -0.1) is 0 Å². The molecule has 0 aliphatic carbocycles. The van der Waals surface area contributed by atoms with E-state index in [0.717, 1.165) is 13.1 Å². The van der Waals surface area contributed by atoms with Gasteiger partial charge >= 0.3 is 6.03 Å². The Morgan fingerprint density at radius 2 is 1.47 bits per heavy atom. The summed E-state index contributed by atoms with van der Waals surface area (Å²) in [6.45, 7) is 14.4. The number of rotatable bonds is 7. The van der Waals surface area contributed by atoms with Crippen LogP contribution in [0.5, 0.6) is 0 Å². The molecule has 0 fully saturated rings. The highest BCUT2D eigenvalue weighted by Crippen LogP contribution is 2.08. The predicted molar refractivity (Wildman–Crippen MR) is 77.9 cm³/mol. The number of carbonyl (C=O) groups is 2. The topological polar surface area (TPSA) is 61.4 Å². The Labute approximate surface area is 117 Å². The first-order chi connectivity index (χ1) is 8.77. The van der Waals surface area contributed by atoms with Gasteiger partial charge in [-0.25, -0.2) is 4.79 Å². The minimum Gasteiger partial charge on any atom is -0.338 e. The lowest BCUT2D eigenvalue weighted by atomic mass is 10.1. The Hall–Kier alpha value is -1.10. The molecule has 0 aromatic heterocycles. The van der Waals surface area contributed by atoms with Crippen molar-refractivity contribution in [3.05, 3.63) is 0 Å². The van der Waals surface area contributed by atoms with Crippen molar-refractivity contribution in [2.24, 2.45) is 11.8 Å². The highest BCUT2D eigenvalue weighted by Gasteiger charge is 2.23. The summed E-state index contributed by atoms with van der Waals surface area (Å²) in [6, 6.07) is -0.721. The van der Waals surface area contributed by atoms with Crippen LogP contribution in [0.1, 0.15) is 41.5 Å². The Balaban J connectivity index is 4.54. The molecule has 0 bridgehead atoms. The van der Waals surface area contributed by atoms with E-state index in [0.29, 0.717) is 18.4 Å². The molecule has 0 aliphatic rings. The third-order valence-electron chi connectivity index (χ3n) is 2.70. The van der Waals surface area contributed by atoms with E-state index < -0.39 is 6.03 Å². The van der Waals surface area contributed by atoms with Crippen LogP contribution in [0.25, 0.3) is 0 Å². The molecular weight excluding hydrogens is 242 g/mol. The quantitative estimate of drug-likeness (QED) is 0.742. The second-order valence-electron chi connectivity index (χ2n) is 5.77. The molecule has 0 radical (unpaired) electrons. The van der Waals surface area contributed by atoms with Gasteiger partial charge in [-0.3, -0.25) is 15.0 Å². The van der Waals surface area contributed by atoms with Crippen LogP contribution in [-0.4, -0.2) is 42.5 Å². The number of amides is 3. The minimum absolute atomic E-state index is 0.243. The van der Waals surface area contributed by atoms with Gasteiger partial charge < -0.3 is 5.32 Å². The number of carbonyl (C=O) groups excluding carboxylic acids is 2. The Kier molecular flexibility index (Phi) is 8.39. The molecule has 0 saturated heterocycles. The van der Waals surface area contributed by atoms with Crippen molar-refractivity contribution in [1.29, 1.82) is 0 Å². The van der Waals surface area contributed by atoms with Crippen molar-refractivity contribution >= 4 is 11.9 Å². The summed E-state index contributed by atoms with van der Waals surface area (Å²) in [5.74, 6) is 0.726. The maximum atomic E-state index is 12.0. The monoisotopic (exact) mass is 271 g/mol. The van der Waals surface area contributed by atoms with Crippen LogP contribution < -0.4 is 10.6 Å². The Morgan fingerprint density at radius 1 is 1.00 bits per heavy atom. The number of hydrogen-bond donors (Lipinski definition) is 2. The molecule has 0 aliphatic heterocycles. The van der Waals surface area contributed by atoms with E-state index >= 15 is 0 Å². The van der Waals surface area contributed by atoms with Crippen LogP contribution >= 0.6 is 0 Å². The third-order valence-corrected chi connectivity index (χ3v) is 2.70. The molecule has 1 atom stereocenters. The molecule has 19 heavy (non-hydrogen) atoms. The lowest BCUT2D eigenvalue weighted by Crippen LogP contribution is -2.51. The van der Waals surface area contributed by atoms with Gasteiger partial charge in [-0.1, -0.05) is 27.7 Å². The molecule has 2 N–H and O–H groups in total. The zero-order valence-corrected chi connectivity index (χ0v) is 13.1. The molecule has 0 rings (SSSR count). The van der Waals surface area contributed by atoms with Gasteiger partial charge in [0, 0.05) is 19.6 Å². The van der Waals surface area contributed by atoms with Crippen molar-refractivity contribution < 1.29 is 9.59 Å². The van der Waals surface area contributed by atoms with E-state index in [2.05, 4.69) is 43.2 Å². The Morgan fingerprint density at radius 3 is 1.84 bits per heavy atom. The summed E-state index contributed by atoms with van der Waals surface area (Å²) < 4.78 is 0. The molecule has 5 heteroatoms. The van der Waals surface area contributed by atoms with E-state index in [1.54, 1.807) is 0 Å². The number of hydrogen-bond acceptors (Lipinski definition) is 3. The number of imide groups is 1. The molecule has 0 aromatic carbocycles. The lowest BCUT2D eigenvalue weighted by molar-refractivity contribution is -0.125. The van der Waals surface area contributed by atoms with Gasteiger partial charge in [-0.2, -0.15) is 0 Å². The smallest absolute Gasteiger partial charge is 0.321 e. The summed E-state index contributed by atoms with van der Waals surface area (Å²) in [7, 11) is 0. The highest BCUT2D eigenvalue weighted by atomic mass is 16.2. The summed E-state index contributed by atoms with van der Waals surface area (Å²) in [5, 5.41) is 4.94. The zero-order valence-electron chi connectivity index (χ0n) is 13.1.